The third-order valence-corrected chi connectivity index (χ3v) is 5.51. The Balaban J connectivity index is 1.76. The normalized spacial score (nSPS) is 13.8. The van der Waals surface area contributed by atoms with E-state index in [0.29, 0.717) is 35.2 Å². The number of aliphatic imine (C=N–C) groups is 1. The van der Waals surface area contributed by atoms with Crippen molar-refractivity contribution < 1.29 is 14.2 Å². The number of anilines is 3. The summed E-state index contributed by atoms with van der Waals surface area (Å²) in [7, 11) is 1.57. The number of rotatable bonds is 7. The second-order valence-corrected chi connectivity index (χ2v) is 7.64. The molecule has 0 spiro atoms. The molecule has 182 valence electrons. The van der Waals surface area contributed by atoms with Crippen LogP contribution in [0.2, 0.25) is 0 Å². The Bertz CT molecular complexity index is 1410. The van der Waals surface area contributed by atoms with Crippen LogP contribution in [0.4, 0.5) is 17.3 Å². The highest BCUT2D eigenvalue weighted by Gasteiger charge is 2.30. The molecule has 0 aliphatic carbocycles. The lowest BCUT2D eigenvalue weighted by atomic mass is 9.94. The van der Waals surface area contributed by atoms with Gasteiger partial charge in [0.25, 0.3) is 0 Å². The minimum absolute atomic E-state index is 0.0185. The van der Waals surface area contributed by atoms with Crippen molar-refractivity contribution in [2.75, 3.05) is 30.5 Å². The van der Waals surface area contributed by atoms with Crippen molar-refractivity contribution in [2.45, 2.75) is 19.6 Å². The molecule has 6 N–H and O–H groups in total. The maximum absolute atomic E-state index is 9.54. The summed E-state index contributed by atoms with van der Waals surface area (Å²) in [6.07, 6.45) is 1.84. The van der Waals surface area contributed by atoms with Crippen molar-refractivity contribution in [3.05, 3.63) is 64.7 Å². The highest BCUT2D eigenvalue weighted by Crippen LogP contribution is 2.41. The summed E-state index contributed by atoms with van der Waals surface area (Å²) >= 11 is 0. The lowest BCUT2D eigenvalue weighted by molar-refractivity contribution is 0.265. The average Bonchev–Trinajstić information content (AvgIpc) is 2.88. The third-order valence-electron chi connectivity index (χ3n) is 5.51. The number of nitrogens with one attached hydrogen (secondary N) is 2. The van der Waals surface area contributed by atoms with Crippen molar-refractivity contribution in [1.82, 2.24) is 10.3 Å². The van der Waals surface area contributed by atoms with Crippen LogP contribution in [-0.4, -0.2) is 24.7 Å². The molecule has 2 aromatic carbocycles. The quantitative estimate of drug-likeness (QED) is 0.288. The summed E-state index contributed by atoms with van der Waals surface area (Å²) in [4.78, 5) is 8.89. The number of nitrogens with two attached hydrogens (primary N) is 2. The van der Waals surface area contributed by atoms with E-state index in [9.17, 15) is 5.26 Å². The summed E-state index contributed by atoms with van der Waals surface area (Å²) in [5.41, 5.74) is 14.4. The van der Waals surface area contributed by atoms with Crippen LogP contribution in [0, 0.1) is 22.8 Å². The number of para-hydroxylation sites is 2. The molecular formula is C25H24N8O3. The van der Waals surface area contributed by atoms with Gasteiger partial charge in [-0.25, -0.2) is 9.98 Å². The molecule has 4 rings (SSSR count). The predicted molar refractivity (Wildman–Crippen MR) is 134 cm³/mol. The number of guanidine groups is 1. The molecule has 1 aliphatic rings. The van der Waals surface area contributed by atoms with Gasteiger partial charge in [-0.05, 0) is 36.8 Å². The molecule has 3 aromatic rings. The molecule has 0 fully saturated rings. The standard InChI is InChI=1S/C25H24N8O3/c1-3-35-18-6-4-5-7-19(18)36-12-15-10-14(8-9-17(15)34-2)22-20-21(28)16(11-26)23(29)32-24(20)33-25(31-22)30-13-27/h4-10,22H,3,12H2,1-2H3,(H6,28,29,30,31,32,33). The Morgan fingerprint density at radius 3 is 2.50 bits per heavy atom. The molecule has 2 heterocycles. The topological polar surface area (TPSA) is 177 Å². The molecule has 0 saturated heterocycles. The van der Waals surface area contributed by atoms with Gasteiger partial charge in [-0.3, -0.25) is 5.32 Å². The molecule has 1 aromatic heterocycles. The van der Waals surface area contributed by atoms with Gasteiger partial charge in [0.1, 0.15) is 41.7 Å². The molecule has 0 radical (unpaired) electrons. The SMILES string of the molecule is CCOc1ccccc1OCc1cc(C2N=C(NC#N)Nc3nc(N)c(C#N)c(N)c32)ccc1OC. The van der Waals surface area contributed by atoms with Crippen molar-refractivity contribution in [2.24, 2.45) is 4.99 Å². The Morgan fingerprint density at radius 1 is 1.08 bits per heavy atom. The van der Waals surface area contributed by atoms with Gasteiger partial charge in [-0.2, -0.15) is 10.5 Å². The van der Waals surface area contributed by atoms with Crippen LogP contribution in [0.25, 0.3) is 0 Å². The van der Waals surface area contributed by atoms with Crippen LogP contribution in [-0.2, 0) is 6.61 Å². The first-order chi connectivity index (χ1) is 17.5. The summed E-state index contributed by atoms with van der Waals surface area (Å²) in [5.74, 6) is 2.31. The smallest absolute Gasteiger partial charge is 0.211 e. The van der Waals surface area contributed by atoms with Crippen LogP contribution >= 0.6 is 0 Å². The van der Waals surface area contributed by atoms with Crippen LogP contribution < -0.4 is 36.3 Å². The van der Waals surface area contributed by atoms with Gasteiger partial charge in [0.05, 0.1) is 19.4 Å². The zero-order valence-electron chi connectivity index (χ0n) is 19.7. The van der Waals surface area contributed by atoms with Gasteiger partial charge >= 0.3 is 0 Å². The molecule has 0 amide bonds. The number of benzene rings is 2. The minimum atomic E-state index is -0.683. The molecule has 1 unspecified atom stereocenters. The summed E-state index contributed by atoms with van der Waals surface area (Å²) in [5, 5.41) is 24.1. The summed E-state index contributed by atoms with van der Waals surface area (Å²) < 4.78 is 17.3. The van der Waals surface area contributed by atoms with E-state index in [-0.39, 0.29) is 29.6 Å². The fourth-order valence-electron chi connectivity index (χ4n) is 3.90. The highest BCUT2D eigenvalue weighted by molar-refractivity contribution is 5.98. The molecule has 36 heavy (non-hydrogen) atoms. The van der Waals surface area contributed by atoms with Crippen LogP contribution in [0.5, 0.6) is 17.2 Å². The molecular weight excluding hydrogens is 460 g/mol. The number of pyridine rings is 1. The van der Waals surface area contributed by atoms with Crippen molar-refractivity contribution >= 4 is 23.3 Å². The van der Waals surface area contributed by atoms with E-state index in [0.717, 1.165) is 11.1 Å². The van der Waals surface area contributed by atoms with Gasteiger partial charge in [0.15, 0.2) is 17.7 Å². The van der Waals surface area contributed by atoms with Crippen molar-refractivity contribution in [3.63, 3.8) is 0 Å². The Kier molecular flexibility index (Phi) is 6.93. The lowest BCUT2D eigenvalue weighted by Crippen LogP contribution is -2.32. The number of hydrogen-bond donors (Lipinski definition) is 4. The largest absolute Gasteiger partial charge is 0.496 e. The first-order valence-electron chi connectivity index (χ1n) is 11.0. The molecule has 0 bridgehead atoms. The second kappa shape index (κ2) is 10.4. The number of nitrogens with zero attached hydrogens (tertiary/aromatic N) is 4. The van der Waals surface area contributed by atoms with Crippen molar-refractivity contribution in [3.8, 4) is 29.5 Å². The van der Waals surface area contributed by atoms with E-state index in [4.69, 9.17) is 30.9 Å². The summed E-state index contributed by atoms with van der Waals surface area (Å²) in [6.45, 7) is 2.60. The second-order valence-electron chi connectivity index (χ2n) is 7.64. The molecule has 1 aliphatic heterocycles. The van der Waals surface area contributed by atoms with Gasteiger partial charge in [-0.15, -0.1) is 0 Å². The monoisotopic (exact) mass is 484 g/mol. The van der Waals surface area contributed by atoms with Gasteiger partial charge in [0.2, 0.25) is 5.96 Å². The molecule has 11 nitrogen and oxygen atoms in total. The minimum Gasteiger partial charge on any atom is -0.496 e. The maximum Gasteiger partial charge on any atom is 0.211 e. The Morgan fingerprint density at radius 2 is 1.83 bits per heavy atom. The van der Waals surface area contributed by atoms with Gasteiger partial charge in [-0.1, -0.05) is 18.2 Å². The number of ether oxygens (including phenoxy) is 3. The van der Waals surface area contributed by atoms with Gasteiger partial charge in [0, 0.05) is 11.1 Å². The number of fused-ring (bicyclic) bond motifs is 1. The molecule has 11 heteroatoms. The first kappa shape index (κ1) is 24.0. The molecule has 1 atom stereocenters. The van der Waals surface area contributed by atoms with Crippen molar-refractivity contribution in [1.29, 1.82) is 10.5 Å². The van der Waals surface area contributed by atoms with E-state index >= 15 is 0 Å². The van der Waals surface area contributed by atoms with Crippen LogP contribution in [0.3, 0.4) is 0 Å². The van der Waals surface area contributed by atoms with Crippen LogP contribution in [0.1, 0.15) is 35.2 Å². The maximum atomic E-state index is 9.54. The zero-order chi connectivity index (χ0) is 25.7. The first-order valence-corrected chi connectivity index (χ1v) is 11.0. The average molecular weight is 485 g/mol. The fourth-order valence-corrected chi connectivity index (χ4v) is 3.90. The van der Waals surface area contributed by atoms with E-state index in [1.54, 1.807) is 13.2 Å². The number of nitriles is 2. The Hall–Kier alpha value is -5.16. The number of nitrogen functional groups attached to an aromatic ring is 2. The Labute approximate surface area is 207 Å². The number of aromatic nitrogens is 1. The van der Waals surface area contributed by atoms with Gasteiger partial charge < -0.3 is 31.0 Å². The van der Waals surface area contributed by atoms with E-state index < -0.39 is 6.04 Å². The van der Waals surface area contributed by atoms with E-state index in [2.05, 4.69) is 20.6 Å². The molecule has 0 saturated carbocycles. The number of hydrogen-bond acceptors (Lipinski definition) is 11. The fraction of sp³-hybridized carbons (Fsp3) is 0.200. The summed E-state index contributed by atoms with van der Waals surface area (Å²) in [6, 6.07) is 14.2. The third kappa shape index (κ3) is 4.58. The van der Waals surface area contributed by atoms with Crippen LogP contribution in [0.15, 0.2) is 47.5 Å². The predicted octanol–water partition coefficient (Wildman–Crippen LogP) is 3.05. The van der Waals surface area contributed by atoms with E-state index in [1.807, 2.05) is 55.6 Å². The van der Waals surface area contributed by atoms with E-state index in [1.165, 1.54) is 0 Å². The zero-order valence-corrected chi connectivity index (χ0v) is 19.7. The lowest BCUT2D eigenvalue weighted by Gasteiger charge is -2.26. The number of methoxy groups -OCH3 is 1. The highest BCUT2D eigenvalue weighted by atomic mass is 16.5.